The van der Waals surface area contributed by atoms with Crippen molar-refractivity contribution in [3.05, 3.63) is 18.4 Å². The quantitative estimate of drug-likeness (QED) is 0.601. The molecule has 0 saturated heterocycles. The molecule has 1 aromatic heterocycles. The highest BCUT2D eigenvalue weighted by Gasteiger charge is 1.98. The second kappa shape index (κ2) is 5.03. The van der Waals surface area contributed by atoms with E-state index in [4.69, 9.17) is 4.42 Å². The average Bonchev–Trinajstić information content (AvgIpc) is 2.42. The van der Waals surface area contributed by atoms with Crippen molar-refractivity contribution in [3.63, 3.8) is 0 Å². The van der Waals surface area contributed by atoms with Crippen LogP contribution in [-0.2, 0) is 0 Å². The molecule has 0 bridgehead atoms. The van der Waals surface area contributed by atoms with Crippen LogP contribution in [0.1, 0.15) is 39.3 Å². The van der Waals surface area contributed by atoms with Gasteiger partial charge in [-0.2, -0.15) is 0 Å². The summed E-state index contributed by atoms with van der Waals surface area (Å²) in [6.45, 7) is 8.16. The van der Waals surface area contributed by atoms with Gasteiger partial charge in [-0.15, -0.1) is 0 Å². The van der Waals surface area contributed by atoms with E-state index in [1.165, 1.54) is 6.39 Å². The van der Waals surface area contributed by atoms with E-state index >= 15 is 0 Å². The Bertz CT molecular complexity index is 144. The number of hydrogen-bond donors (Lipinski definition) is 0. The summed E-state index contributed by atoms with van der Waals surface area (Å²) in [5.41, 5.74) is 1.02. The van der Waals surface area contributed by atoms with Gasteiger partial charge >= 0.3 is 0 Å². The Balaban J connectivity index is 0.000000371. The van der Waals surface area contributed by atoms with E-state index in [1.54, 1.807) is 6.26 Å². The van der Waals surface area contributed by atoms with E-state index in [9.17, 15) is 0 Å². The first-order valence-corrected chi connectivity index (χ1v) is 3.69. The Morgan fingerprint density at radius 2 is 2.00 bits per heavy atom. The van der Waals surface area contributed by atoms with Crippen LogP contribution in [0.15, 0.2) is 17.1 Å². The fourth-order valence-electron chi connectivity index (χ4n) is 0.507. The van der Waals surface area contributed by atoms with Gasteiger partial charge in [-0.25, -0.2) is 4.98 Å². The van der Waals surface area contributed by atoms with Gasteiger partial charge in [0.1, 0.15) is 6.26 Å². The smallest absolute Gasteiger partial charge is 0.180 e. The predicted octanol–water partition coefficient (Wildman–Crippen LogP) is 2.82. The molecule has 2 heteroatoms. The van der Waals surface area contributed by atoms with E-state index in [1.807, 2.05) is 13.8 Å². The Morgan fingerprint density at radius 1 is 1.40 bits per heavy atom. The highest BCUT2D eigenvalue weighted by atomic mass is 16.3. The third-order valence-electron chi connectivity index (χ3n) is 1.04. The monoisotopic (exact) mass is 141 g/mol. The molecule has 0 radical (unpaired) electrons. The van der Waals surface area contributed by atoms with E-state index in [0.29, 0.717) is 5.92 Å². The predicted molar refractivity (Wildman–Crippen MR) is 41.9 cm³/mol. The molecular weight excluding hydrogens is 126 g/mol. The molecule has 0 N–H and O–H groups in total. The molecule has 0 amide bonds. The number of aromatic nitrogens is 1. The lowest BCUT2D eigenvalue weighted by atomic mass is 10.2. The normalized spacial score (nSPS) is 8.90. The zero-order chi connectivity index (χ0) is 7.98. The average molecular weight is 141 g/mol. The molecule has 0 aromatic carbocycles. The van der Waals surface area contributed by atoms with Crippen molar-refractivity contribution >= 4 is 0 Å². The van der Waals surface area contributed by atoms with E-state index in [-0.39, 0.29) is 0 Å². The highest BCUT2D eigenvalue weighted by molar-refractivity contribution is 4.96. The fraction of sp³-hybridized carbons (Fsp3) is 0.625. The zero-order valence-corrected chi connectivity index (χ0v) is 7.09. The van der Waals surface area contributed by atoms with Crippen molar-refractivity contribution in [2.24, 2.45) is 0 Å². The summed E-state index contributed by atoms with van der Waals surface area (Å²) in [4.78, 5) is 3.95. The highest BCUT2D eigenvalue weighted by Crippen LogP contribution is 2.09. The summed E-state index contributed by atoms with van der Waals surface area (Å²) in [7, 11) is 0. The minimum absolute atomic E-state index is 0.480. The van der Waals surface area contributed by atoms with Crippen LogP contribution in [0, 0.1) is 0 Å². The minimum atomic E-state index is 0.480. The summed E-state index contributed by atoms with van der Waals surface area (Å²) < 4.78 is 4.76. The third-order valence-corrected chi connectivity index (χ3v) is 1.04. The Hall–Kier alpha value is -0.790. The van der Waals surface area contributed by atoms with Crippen molar-refractivity contribution in [1.29, 1.82) is 0 Å². The summed E-state index contributed by atoms with van der Waals surface area (Å²) in [6, 6.07) is 0. The van der Waals surface area contributed by atoms with Crippen LogP contribution in [0.2, 0.25) is 0 Å². The lowest BCUT2D eigenvalue weighted by Crippen LogP contribution is -1.83. The van der Waals surface area contributed by atoms with Gasteiger partial charge in [0.15, 0.2) is 6.39 Å². The van der Waals surface area contributed by atoms with Gasteiger partial charge in [0.25, 0.3) is 0 Å². The summed E-state index contributed by atoms with van der Waals surface area (Å²) in [6.07, 6.45) is 3.12. The maximum absolute atomic E-state index is 4.76. The summed E-state index contributed by atoms with van der Waals surface area (Å²) in [5.74, 6) is 0.480. The lowest BCUT2D eigenvalue weighted by Gasteiger charge is -1.92. The molecule has 0 aliphatic heterocycles. The molecule has 0 aliphatic rings. The SMILES string of the molecule is CC.CC(C)c1cocn1. The maximum atomic E-state index is 4.76. The van der Waals surface area contributed by atoms with Gasteiger partial charge in [0, 0.05) is 0 Å². The number of hydrogen-bond acceptors (Lipinski definition) is 2. The maximum Gasteiger partial charge on any atom is 0.180 e. The molecule has 0 saturated carbocycles. The van der Waals surface area contributed by atoms with Crippen LogP contribution in [0.5, 0.6) is 0 Å². The first-order valence-electron chi connectivity index (χ1n) is 3.69. The van der Waals surface area contributed by atoms with E-state index in [0.717, 1.165) is 5.69 Å². The Morgan fingerprint density at radius 3 is 2.20 bits per heavy atom. The topological polar surface area (TPSA) is 26.0 Å². The van der Waals surface area contributed by atoms with Crippen molar-refractivity contribution < 1.29 is 4.42 Å². The van der Waals surface area contributed by atoms with Gasteiger partial charge in [-0.05, 0) is 5.92 Å². The molecule has 0 unspecified atom stereocenters. The molecular formula is C8H15NO. The van der Waals surface area contributed by atoms with Crippen LogP contribution in [-0.4, -0.2) is 4.98 Å². The summed E-state index contributed by atoms with van der Waals surface area (Å²) in [5, 5.41) is 0. The second-order valence-electron chi connectivity index (χ2n) is 2.07. The molecule has 0 fully saturated rings. The van der Waals surface area contributed by atoms with Gasteiger partial charge in [0.2, 0.25) is 0 Å². The molecule has 2 nitrogen and oxygen atoms in total. The molecule has 1 rings (SSSR count). The molecule has 0 atom stereocenters. The second-order valence-corrected chi connectivity index (χ2v) is 2.07. The van der Waals surface area contributed by atoms with Crippen LogP contribution in [0.3, 0.4) is 0 Å². The van der Waals surface area contributed by atoms with Gasteiger partial charge in [-0.1, -0.05) is 27.7 Å². The molecule has 1 aromatic rings. The van der Waals surface area contributed by atoms with Crippen molar-refractivity contribution in [1.82, 2.24) is 4.98 Å². The van der Waals surface area contributed by atoms with Gasteiger partial charge in [-0.3, -0.25) is 0 Å². The molecule has 58 valence electrons. The van der Waals surface area contributed by atoms with Crippen molar-refractivity contribution in [2.45, 2.75) is 33.6 Å². The van der Waals surface area contributed by atoms with Gasteiger partial charge in [0.05, 0.1) is 5.69 Å². The largest absolute Gasteiger partial charge is 0.451 e. The van der Waals surface area contributed by atoms with Crippen LogP contribution < -0.4 is 0 Å². The van der Waals surface area contributed by atoms with E-state index in [2.05, 4.69) is 18.8 Å². The molecule has 1 heterocycles. The van der Waals surface area contributed by atoms with Gasteiger partial charge < -0.3 is 4.42 Å². The zero-order valence-electron chi connectivity index (χ0n) is 7.09. The first-order chi connectivity index (χ1) is 4.80. The van der Waals surface area contributed by atoms with Crippen molar-refractivity contribution in [3.8, 4) is 0 Å². The molecule has 0 aliphatic carbocycles. The number of rotatable bonds is 1. The van der Waals surface area contributed by atoms with Crippen LogP contribution in [0.25, 0.3) is 0 Å². The lowest BCUT2D eigenvalue weighted by molar-refractivity contribution is 0.555. The number of nitrogens with zero attached hydrogens (tertiary/aromatic N) is 1. The van der Waals surface area contributed by atoms with Crippen LogP contribution >= 0.6 is 0 Å². The molecule has 10 heavy (non-hydrogen) atoms. The number of oxazole rings is 1. The standard InChI is InChI=1S/C6H9NO.C2H6/c1-5(2)6-3-8-4-7-6;1-2/h3-5H,1-2H3;1-2H3. The Kier molecular flexibility index (Phi) is 4.63. The molecule has 0 spiro atoms. The minimum Gasteiger partial charge on any atom is -0.451 e. The third kappa shape index (κ3) is 2.67. The Labute approximate surface area is 62.3 Å². The van der Waals surface area contributed by atoms with Crippen LogP contribution in [0.4, 0.5) is 0 Å². The van der Waals surface area contributed by atoms with Crippen molar-refractivity contribution in [2.75, 3.05) is 0 Å². The first kappa shape index (κ1) is 9.21. The van der Waals surface area contributed by atoms with E-state index < -0.39 is 0 Å². The fourth-order valence-corrected chi connectivity index (χ4v) is 0.507. The summed E-state index contributed by atoms with van der Waals surface area (Å²) >= 11 is 0.